The van der Waals surface area contributed by atoms with Gasteiger partial charge >= 0.3 is 0 Å². The van der Waals surface area contributed by atoms with Gasteiger partial charge in [-0.1, -0.05) is 0 Å². The quantitative estimate of drug-likeness (QED) is 0.665. The summed E-state index contributed by atoms with van der Waals surface area (Å²) in [6, 6.07) is 5.39. The lowest BCUT2D eigenvalue weighted by molar-refractivity contribution is 0.0931. The number of fused-ring (bicyclic) bond motifs is 1. The van der Waals surface area contributed by atoms with Crippen molar-refractivity contribution < 1.29 is 13.9 Å². The molecular formula is C18H22ClN3O3S. The normalized spacial score (nSPS) is 11.8. The highest BCUT2D eigenvalue weighted by molar-refractivity contribution is 7.09. The number of benzene rings is 1. The van der Waals surface area contributed by atoms with Crippen LogP contribution in [0.3, 0.4) is 0 Å². The predicted molar refractivity (Wildman–Crippen MR) is 106 cm³/mol. The molecule has 0 aliphatic rings. The molecule has 26 heavy (non-hydrogen) atoms. The minimum Gasteiger partial charge on any atom is -0.497 e. The van der Waals surface area contributed by atoms with Crippen LogP contribution in [-0.4, -0.2) is 24.5 Å². The number of amides is 1. The lowest BCUT2D eigenvalue weighted by Crippen LogP contribution is -2.27. The third-order valence-electron chi connectivity index (χ3n) is 4.06. The Kier molecular flexibility index (Phi) is 6.63. The van der Waals surface area contributed by atoms with Crippen LogP contribution in [0.1, 0.15) is 39.8 Å². The number of rotatable bonds is 6. The van der Waals surface area contributed by atoms with Crippen molar-refractivity contribution in [3.63, 3.8) is 0 Å². The molecule has 0 aliphatic carbocycles. The summed E-state index contributed by atoms with van der Waals surface area (Å²) >= 11 is 1.45. The number of nitrogens with zero attached hydrogens (tertiary/aromatic N) is 1. The molecule has 0 bridgehead atoms. The average Bonchev–Trinajstić information content (AvgIpc) is 3.20. The maximum atomic E-state index is 12.4. The van der Waals surface area contributed by atoms with Crippen LogP contribution in [0.5, 0.6) is 5.75 Å². The highest BCUT2D eigenvalue weighted by Crippen LogP contribution is 2.32. The van der Waals surface area contributed by atoms with Crippen molar-refractivity contribution >= 4 is 40.6 Å². The van der Waals surface area contributed by atoms with Gasteiger partial charge in [0.05, 0.1) is 18.2 Å². The molecular weight excluding hydrogens is 374 g/mol. The zero-order chi connectivity index (χ0) is 18.0. The molecule has 1 aromatic carbocycles. The van der Waals surface area contributed by atoms with E-state index in [-0.39, 0.29) is 24.4 Å². The first-order valence-corrected chi connectivity index (χ1v) is 8.93. The minimum absolute atomic E-state index is 0. The molecule has 2 heterocycles. The van der Waals surface area contributed by atoms with Crippen molar-refractivity contribution in [3.8, 4) is 5.75 Å². The van der Waals surface area contributed by atoms with Crippen LogP contribution < -0.4 is 15.8 Å². The van der Waals surface area contributed by atoms with Crippen LogP contribution in [-0.2, 0) is 6.42 Å². The van der Waals surface area contributed by atoms with Gasteiger partial charge < -0.3 is 20.2 Å². The number of hydrogen-bond donors (Lipinski definition) is 2. The van der Waals surface area contributed by atoms with Crippen LogP contribution in [0.2, 0.25) is 0 Å². The van der Waals surface area contributed by atoms with Gasteiger partial charge in [-0.25, -0.2) is 4.98 Å². The van der Waals surface area contributed by atoms with Gasteiger partial charge in [0.15, 0.2) is 0 Å². The lowest BCUT2D eigenvalue weighted by atomic mass is 10.1. The monoisotopic (exact) mass is 395 g/mol. The Morgan fingerprint density at radius 3 is 2.92 bits per heavy atom. The Labute approximate surface area is 162 Å². The number of aryl methyl sites for hydroxylation is 1. The van der Waals surface area contributed by atoms with Crippen LogP contribution in [0.25, 0.3) is 11.0 Å². The second-order valence-electron chi connectivity index (χ2n) is 5.81. The largest absolute Gasteiger partial charge is 0.497 e. The summed E-state index contributed by atoms with van der Waals surface area (Å²) in [6.07, 6.45) is 0.679. The molecule has 1 amide bonds. The molecule has 3 aromatic rings. The van der Waals surface area contributed by atoms with E-state index < -0.39 is 0 Å². The predicted octanol–water partition coefficient (Wildman–Crippen LogP) is 3.62. The van der Waals surface area contributed by atoms with Crippen molar-refractivity contribution in [2.24, 2.45) is 5.73 Å². The summed E-state index contributed by atoms with van der Waals surface area (Å²) in [7, 11) is 1.63. The Balaban J connectivity index is 0.00000243. The highest BCUT2D eigenvalue weighted by Gasteiger charge is 2.20. The first-order chi connectivity index (χ1) is 12.0. The summed E-state index contributed by atoms with van der Waals surface area (Å²) in [5.41, 5.74) is 7.70. The van der Waals surface area contributed by atoms with E-state index in [0.717, 1.165) is 33.1 Å². The zero-order valence-electron chi connectivity index (χ0n) is 14.9. The fourth-order valence-corrected chi connectivity index (χ4v) is 3.54. The van der Waals surface area contributed by atoms with Gasteiger partial charge in [0.1, 0.15) is 22.8 Å². The molecule has 0 aliphatic heterocycles. The molecule has 0 saturated heterocycles. The number of thiazole rings is 1. The van der Waals surface area contributed by atoms with E-state index in [1.807, 2.05) is 32.0 Å². The minimum atomic E-state index is -0.273. The molecule has 0 fully saturated rings. The van der Waals surface area contributed by atoms with Crippen molar-refractivity contribution in [1.82, 2.24) is 10.3 Å². The van der Waals surface area contributed by atoms with E-state index in [1.54, 1.807) is 12.5 Å². The first kappa shape index (κ1) is 20.2. The number of carbonyl (C=O) groups is 1. The zero-order valence-corrected chi connectivity index (χ0v) is 16.5. The second kappa shape index (κ2) is 8.53. The lowest BCUT2D eigenvalue weighted by Gasteiger charge is -2.11. The van der Waals surface area contributed by atoms with E-state index in [9.17, 15) is 4.79 Å². The molecule has 2 aromatic heterocycles. The summed E-state index contributed by atoms with van der Waals surface area (Å²) in [4.78, 5) is 16.7. The number of halogens is 1. The number of carbonyl (C=O) groups excluding carboxylic acids is 1. The maximum Gasteiger partial charge on any atom is 0.271 e. The van der Waals surface area contributed by atoms with Crippen molar-refractivity contribution in [3.05, 3.63) is 45.6 Å². The Hall–Kier alpha value is -2.09. The van der Waals surface area contributed by atoms with Gasteiger partial charge in [0.25, 0.3) is 5.91 Å². The molecule has 3 N–H and O–H groups in total. The Morgan fingerprint density at radius 2 is 2.23 bits per heavy atom. The Bertz CT molecular complexity index is 906. The number of methoxy groups -OCH3 is 1. The number of nitrogens with one attached hydrogen (secondary N) is 1. The summed E-state index contributed by atoms with van der Waals surface area (Å²) in [6.45, 7) is 4.39. The third kappa shape index (κ3) is 4.00. The summed E-state index contributed by atoms with van der Waals surface area (Å²) in [5.74, 6) is 1.29. The van der Waals surface area contributed by atoms with Crippen LogP contribution in [0.15, 0.2) is 28.0 Å². The maximum absolute atomic E-state index is 12.4. The molecule has 0 spiro atoms. The van der Waals surface area contributed by atoms with E-state index in [1.165, 1.54) is 11.3 Å². The number of ether oxygens (including phenoxy) is 1. The smallest absolute Gasteiger partial charge is 0.271 e. The van der Waals surface area contributed by atoms with Crippen LogP contribution >= 0.6 is 23.7 Å². The fourth-order valence-electron chi connectivity index (χ4n) is 2.75. The van der Waals surface area contributed by atoms with Crippen LogP contribution in [0.4, 0.5) is 0 Å². The number of furan rings is 1. The molecule has 8 heteroatoms. The molecule has 1 unspecified atom stereocenters. The molecule has 3 rings (SSSR count). The summed E-state index contributed by atoms with van der Waals surface area (Å²) in [5, 5.41) is 6.55. The number of hydrogen-bond acceptors (Lipinski definition) is 6. The second-order valence-corrected chi connectivity index (χ2v) is 6.76. The first-order valence-electron chi connectivity index (χ1n) is 8.05. The van der Waals surface area contributed by atoms with Gasteiger partial charge in [-0.05, 0) is 38.6 Å². The average molecular weight is 396 g/mol. The summed E-state index contributed by atoms with van der Waals surface area (Å²) < 4.78 is 11.2. The molecule has 6 nitrogen and oxygen atoms in total. The van der Waals surface area contributed by atoms with Gasteiger partial charge in [-0.2, -0.15) is 0 Å². The number of nitrogens with two attached hydrogens (primary N) is 1. The molecule has 0 saturated carbocycles. The third-order valence-corrected chi connectivity index (χ3v) is 4.97. The standard InChI is InChI=1S/C18H21N3O3S.ClH/c1-10-13-8-12(23-3)4-5-15(13)24-17(10)11(2)20-18(22)14-9-25-16(21-14)6-7-19;/h4-5,8-9,11H,6-7,19H2,1-3H3,(H,20,22);1H. The fraction of sp³-hybridized carbons (Fsp3) is 0.333. The SMILES string of the molecule is COc1ccc2oc(C(C)NC(=O)c3csc(CCN)n3)c(C)c2c1.Cl. The van der Waals surface area contributed by atoms with E-state index in [4.69, 9.17) is 14.9 Å². The van der Waals surface area contributed by atoms with Gasteiger partial charge in [-0.15, -0.1) is 23.7 Å². The van der Waals surface area contributed by atoms with Crippen molar-refractivity contribution in [1.29, 1.82) is 0 Å². The number of aromatic nitrogens is 1. The van der Waals surface area contributed by atoms with Crippen molar-refractivity contribution in [2.45, 2.75) is 26.3 Å². The highest BCUT2D eigenvalue weighted by atomic mass is 35.5. The van der Waals surface area contributed by atoms with Crippen LogP contribution in [0, 0.1) is 6.92 Å². The molecule has 140 valence electrons. The Morgan fingerprint density at radius 1 is 1.46 bits per heavy atom. The topological polar surface area (TPSA) is 90.4 Å². The van der Waals surface area contributed by atoms with E-state index >= 15 is 0 Å². The molecule has 0 radical (unpaired) electrons. The van der Waals surface area contributed by atoms with Gasteiger partial charge in [0.2, 0.25) is 0 Å². The van der Waals surface area contributed by atoms with E-state index in [0.29, 0.717) is 18.7 Å². The van der Waals surface area contributed by atoms with E-state index in [2.05, 4.69) is 10.3 Å². The van der Waals surface area contributed by atoms with Gasteiger partial charge in [-0.3, -0.25) is 4.79 Å². The van der Waals surface area contributed by atoms with Gasteiger partial charge in [0, 0.05) is 22.8 Å². The molecule has 1 atom stereocenters. The van der Waals surface area contributed by atoms with Crippen molar-refractivity contribution in [2.75, 3.05) is 13.7 Å².